The average molecular weight is 401 g/mol. The second-order valence-electron chi connectivity index (χ2n) is 12.1. The van der Waals surface area contributed by atoms with Crippen molar-refractivity contribution in [1.29, 1.82) is 0 Å². The van der Waals surface area contributed by atoms with Crippen molar-refractivity contribution in [3.05, 3.63) is 11.6 Å². The fourth-order valence-electron chi connectivity index (χ4n) is 8.52. The van der Waals surface area contributed by atoms with Gasteiger partial charge in [-0.3, -0.25) is 4.79 Å². The number of fused-ring (bicyclic) bond motifs is 5. The number of carbonyl (C=O) groups is 1. The number of allylic oxidation sites excluding steroid dienone is 1. The molecule has 29 heavy (non-hydrogen) atoms. The largest absolute Gasteiger partial charge is 0.392 e. The second-order valence-corrected chi connectivity index (χ2v) is 12.1. The van der Waals surface area contributed by atoms with Gasteiger partial charge in [0.25, 0.3) is 0 Å². The Kier molecular flexibility index (Phi) is 5.82. The van der Waals surface area contributed by atoms with Crippen LogP contribution in [0.1, 0.15) is 98.8 Å². The fraction of sp³-hybridized carbons (Fsp3) is 0.889. The fourth-order valence-corrected chi connectivity index (χ4v) is 8.52. The normalized spacial score (nSPS) is 45.4. The van der Waals surface area contributed by atoms with Crippen LogP contribution in [0, 0.1) is 46.3 Å². The minimum Gasteiger partial charge on any atom is -0.392 e. The van der Waals surface area contributed by atoms with Crippen molar-refractivity contribution >= 4 is 5.78 Å². The molecule has 4 rings (SSSR count). The van der Waals surface area contributed by atoms with E-state index in [1.807, 2.05) is 0 Å². The predicted molar refractivity (Wildman–Crippen MR) is 119 cm³/mol. The van der Waals surface area contributed by atoms with Crippen LogP contribution in [-0.2, 0) is 4.79 Å². The number of hydrogen-bond donors (Lipinski definition) is 1. The highest BCUT2D eigenvalue weighted by molar-refractivity contribution is 5.90. The summed E-state index contributed by atoms with van der Waals surface area (Å²) in [5.41, 5.74) is 1.45. The van der Waals surface area contributed by atoms with Crippen LogP contribution in [-0.4, -0.2) is 17.0 Å². The topological polar surface area (TPSA) is 37.3 Å². The molecule has 4 aliphatic carbocycles. The molecule has 3 saturated carbocycles. The lowest BCUT2D eigenvalue weighted by molar-refractivity contribution is -0.140. The molecule has 3 fully saturated rings. The lowest BCUT2D eigenvalue weighted by Crippen LogP contribution is -2.54. The third kappa shape index (κ3) is 3.46. The summed E-state index contributed by atoms with van der Waals surface area (Å²) in [6.45, 7) is 12.1. The molecule has 8 atom stereocenters. The molecule has 0 bridgehead atoms. The molecular formula is C27H44O2. The minimum atomic E-state index is -0.449. The molecule has 4 aliphatic rings. The van der Waals surface area contributed by atoms with Crippen molar-refractivity contribution in [1.82, 2.24) is 0 Å². The van der Waals surface area contributed by atoms with Gasteiger partial charge < -0.3 is 5.11 Å². The van der Waals surface area contributed by atoms with E-state index < -0.39 is 6.10 Å². The van der Waals surface area contributed by atoms with E-state index in [1.54, 1.807) is 0 Å². The van der Waals surface area contributed by atoms with E-state index in [0.29, 0.717) is 29.5 Å². The van der Waals surface area contributed by atoms with Crippen LogP contribution in [0.2, 0.25) is 0 Å². The highest BCUT2D eigenvalue weighted by atomic mass is 16.3. The lowest BCUT2D eigenvalue weighted by atomic mass is 9.46. The van der Waals surface area contributed by atoms with Gasteiger partial charge >= 0.3 is 0 Å². The molecule has 1 unspecified atom stereocenters. The van der Waals surface area contributed by atoms with Gasteiger partial charge in [0.15, 0.2) is 0 Å². The maximum Gasteiger partial charge on any atom is 0.145 e. The zero-order valence-corrected chi connectivity index (χ0v) is 19.5. The Hall–Kier alpha value is -0.630. The van der Waals surface area contributed by atoms with Crippen molar-refractivity contribution in [2.45, 2.75) is 105 Å². The SMILES string of the molecule is CC(C)CCCC(C)[C@H]1CC[C@H]2[C@@H]3CC=C4C[C@H](O)CC(=O)[C@]4(C)[C@H]3CC[C@]12C. The van der Waals surface area contributed by atoms with Gasteiger partial charge in [0.2, 0.25) is 0 Å². The van der Waals surface area contributed by atoms with Crippen LogP contribution >= 0.6 is 0 Å². The quantitative estimate of drug-likeness (QED) is 0.530. The molecule has 0 spiro atoms. The minimum absolute atomic E-state index is 0.287. The Labute approximate surface area is 178 Å². The predicted octanol–water partition coefficient (Wildman–Crippen LogP) is 6.57. The van der Waals surface area contributed by atoms with E-state index in [0.717, 1.165) is 36.5 Å². The molecule has 1 N–H and O–H groups in total. The molecule has 0 amide bonds. The van der Waals surface area contributed by atoms with Crippen LogP contribution in [0.4, 0.5) is 0 Å². The van der Waals surface area contributed by atoms with Gasteiger partial charge in [0, 0.05) is 6.42 Å². The number of hydrogen-bond acceptors (Lipinski definition) is 2. The van der Waals surface area contributed by atoms with Crippen LogP contribution in [0.15, 0.2) is 11.6 Å². The summed E-state index contributed by atoms with van der Waals surface area (Å²) in [4.78, 5) is 13.1. The van der Waals surface area contributed by atoms with Gasteiger partial charge in [-0.2, -0.15) is 0 Å². The maximum absolute atomic E-state index is 13.1. The monoisotopic (exact) mass is 400 g/mol. The van der Waals surface area contributed by atoms with Crippen molar-refractivity contribution < 1.29 is 9.90 Å². The van der Waals surface area contributed by atoms with Gasteiger partial charge in [0.1, 0.15) is 5.78 Å². The molecule has 0 saturated heterocycles. The van der Waals surface area contributed by atoms with Crippen molar-refractivity contribution in [2.75, 3.05) is 0 Å². The van der Waals surface area contributed by atoms with E-state index in [1.165, 1.54) is 50.5 Å². The number of aliphatic hydroxyl groups excluding tert-OH is 1. The summed E-state index contributed by atoms with van der Waals surface area (Å²) in [7, 11) is 0. The van der Waals surface area contributed by atoms with Crippen molar-refractivity contribution in [3.63, 3.8) is 0 Å². The Morgan fingerprint density at radius 3 is 2.55 bits per heavy atom. The maximum atomic E-state index is 13.1. The lowest BCUT2D eigenvalue weighted by Gasteiger charge is -2.57. The van der Waals surface area contributed by atoms with Crippen LogP contribution in [0.3, 0.4) is 0 Å². The summed E-state index contributed by atoms with van der Waals surface area (Å²) in [5, 5.41) is 10.2. The molecule has 2 nitrogen and oxygen atoms in total. The zero-order valence-electron chi connectivity index (χ0n) is 19.5. The third-order valence-electron chi connectivity index (χ3n) is 10.1. The number of carbonyl (C=O) groups excluding carboxylic acids is 1. The Balaban J connectivity index is 1.52. The van der Waals surface area contributed by atoms with Gasteiger partial charge in [-0.25, -0.2) is 0 Å². The first-order valence-electron chi connectivity index (χ1n) is 12.6. The van der Waals surface area contributed by atoms with Gasteiger partial charge in [-0.05, 0) is 86.4 Å². The van der Waals surface area contributed by atoms with Gasteiger partial charge in [-0.1, -0.05) is 58.6 Å². The smallest absolute Gasteiger partial charge is 0.145 e. The second kappa shape index (κ2) is 7.81. The molecular weight excluding hydrogens is 356 g/mol. The highest BCUT2D eigenvalue weighted by Gasteiger charge is 2.60. The molecule has 0 aliphatic heterocycles. The summed E-state index contributed by atoms with van der Waals surface area (Å²) in [6.07, 6.45) is 13.6. The summed E-state index contributed by atoms with van der Waals surface area (Å²) < 4.78 is 0. The van der Waals surface area contributed by atoms with E-state index in [2.05, 4.69) is 40.7 Å². The third-order valence-corrected chi connectivity index (χ3v) is 10.1. The number of rotatable bonds is 5. The Bertz CT molecular complexity index is 663. The number of Topliss-reactive ketones (excluding diaryl/α,β-unsaturated/α-hetero) is 1. The number of ketones is 1. The molecule has 0 aromatic carbocycles. The van der Waals surface area contributed by atoms with Crippen LogP contribution in [0.5, 0.6) is 0 Å². The van der Waals surface area contributed by atoms with Crippen LogP contribution < -0.4 is 0 Å². The van der Waals surface area contributed by atoms with E-state index >= 15 is 0 Å². The molecule has 2 heteroatoms. The van der Waals surface area contributed by atoms with Gasteiger partial charge in [-0.15, -0.1) is 0 Å². The molecule has 0 radical (unpaired) electrons. The van der Waals surface area contributed by atoms with Gasteiger partial charge in [0.05, 0.1) is 11.5 Å². The molecule has 0 aromatic heterocycles. The Morgan fingerprint density at radius 1 is 1.07 bits per heavy atom. The Morgan fingerprint density at radius 2 is 1.83 bits per heavy atom. The molecule has 164 valence electrons. The standard InChI is InChI=1S/C27H44O2/c1-17(2)7-6-8-18(3)22-11-12-23-21-10-9-19-15-20(28)16-25(29)27(19,5)24(21)13-14-26(22,23)4/h9,17-18,20-24,28H,6-8,10-16H2,1-5H3/t18?,20-,21-,22+,23-,24-,26+,27-/m0/s1. The van der Waals surface area contributed by atoms with Crippen LogP contribution in [0.25, 0.3) is 0 Å². The van der Waals surface area contributed by atoms with E-state index in [9.17, 15) is 9.90 Å². The van der Waals surface area contributed by atoms with E-state index in [4.69, 9.17) is 0 Å². The highest BCUT2D eigenvalue weighted by Crippen LogP contribution is 2.66. The summed E-state index contributed by atoms with van der Waals surface area (Å²) in [5.74, 6) is 4.80. The average Bonchev–Trinajstić information content (AvgIpc) is 3.00. The number of aliphatic hydroxyl groups is 1. The molecule has 0 heterocycles. The summed E-state index contributed by atoms with van der Waals surface area (Å²) in [6, 6.07) is 0. The molecule has 0 aromatic rings. The van der Waals surface area contributed by atoms with E-state index in [-0.39, 0.29) is 5.41 Å². The first-order valence-corrected chi connectivity index (χ1v) is 12.6. The zero-order chi connectivity index (χ0) is 21.0. The van der Waals surface area contributed by atoms with Crippen molar-refractivity contribution in [2.24, 2.45) is 46.3 Å². The first kappa shape index (κ1) is 21.6. The van der Waals surface area contributed by atoms with Crippen molar-refractivity contribution in [3.8, 4) is 0 Å². The first-order chi connectivity index (χ1) is 13.7. The summed E-state index contributed by atoms with van der Waals surface area (Å²) >= 11 is 0.